The van der Waals surface area contributed by atoms with E-state index in [1.807, 2.05) is 19.2 Å². The number of carbonyl (C=O) groups is 1. The van der Waals surface area contributed by atoms with Gasteiger partial charge in [0.25, 0.3) is 0 Å². The van der Waals surface area contributed by atoms with Crippen molar-refractivity contribution in [3.63, 3.8) is 0 Å². The third kappa shape index (κ3) is 4.36. The van der Waals surface area contributed by atoms with E-state index in [1.54, 1.807) is 0 Å². The van der Waals surface area contributed by atoms with Crippen LogP contribution in [0.5, 0.6) is 0 Å². The van der Waals surface area contributed by atoms with Crippen LogP contribution in [0.1, 0.15) is 29.7 Å². The fourth-order valence-corrected chi connectivity index (χ4v) is 4.50. The zero-order valence-electron chi connectivity index (χ0n) is 17.8. The average Bonchev–Trinajstić information content (AvgIpc) is 2.74. The maximum atomic E-state index is 13.1. The summed E-state index contributed by atoms with van der Waals surface area (Å²) in [5.41, 5.74) is 4.89. The molecule has 6 nitrogen and oxygen atoms in total. The lowest BCUT2D eigenvalue weighted by atomic mass is 9.95. The molecule has 1 amide bonds. The van der Waals surface area contributed by atoms with Gasteiger partial charge in [-0.2, -0.15) is 0 Å². The molecule has 0 radical (unpaired) electrons. The van der Waals surface area contributed by atoms with Crippen molar-refractivity contribution in [1.82, 2.24) is 14.9 Å². The SMILES string of the molecule is Cc1ccc(N2CCN(C(=O)C3CCN(c4nccc(C)n4)CC3)CC2)c(C)c1. The Hall–Kier alpha value is -2.63. The van der Waals surface area contributed by atoms with E-state index in [-0.39, 0.29) is 5.92 Å². The summed E-state index contributed by atoms with van der Waals surface area (Å²) in [6, 6.07) is 8.53. The molecule has 6 heteroatoms. The number of piperazine rings is 1. The van der Waals surface area contributed by atoms with Gasteiger partial charge >= 0.3 is 0 Å². The topological polar surface area (TPSA) is 52.6 Å². The Morgan fingerprint density at radius 1 is 0.931 bits per heavy atom. The van der Waals surface area contributed by atoms with E-state index in [1.165, 1.54) is 16.8 Å². The second-order valence-corrected chi connectivity index (χ2v) is 8.36. The maximum Gasteiger partial charge on any atom is 0.225 e. The minimum atomic E-state index is 0.128. The molecule has 2 saturated heterocycles. The van der Waals surface area contributed by atoms with Crippen molar-refractivity contribution < 1.29 is 4.79 Å². The van der Waals surface area contributed by atoms with Crippen LogP contribution in [-0.2, 0) is 4.79 Å². The van der Waals surface area contributed by atoms with Crippen molar-refractivity contribution in [2.24, 2.45) is 5.92 Å². The van der Waals surface area contributed by atoms with Gasteiger partial charge in [0.05, 0.1) is 0 Å². The van der Waals surface area contributed by atoms with Gasteiger partial charge < -0.3 is 14.7 Å². The van der Waals surface area contributed by atoms with E-state index >= 15 is 0 Å². The summed E-state index contributed by atoms with van der Waals surface area (Å²) in [4.78, 5) is 28.7. The Bertz CT molecular complexity index is 867. The lowest BCUT2D eigenvalue weighted by Gasteiger charge is -2.39. The number of benzene rings is 1. The smallest absolute Gasteiger partial charge is 0.225 e. The Kier molecular flexibility index (Phi) is 5.69. The summed E-state index contributed by atoms with van der Waals surface area (Å²) in [7, 11) is 0. The summed E-state index contributed by atoms with van der Waals surface area (Å²) in [5, 5.41) is 0. The van der Waals surface area contributed by atoms with Gasteiger partial charge in [-0.1, -0.05) is 17.7 Å². The van der Waals surface area contributed by atoms with Crippen LogP contribution in [-0.4, -0.2) is 60.0 Å². The predicted molar refractivity (Wildman–Crippen MR) is 116 cm³/mol. The standard InChI is InChI=1S/C23H31N5O/c1-17-4-5-21(18(2)16-17)26-12-14-27(15-13-26)22(29)20-7-10-28(11-8-20)23-24-9-6-19(3)25-23/h4-6,9,16,20H,7-8,10-15H2,1-3H3. The first kappa shape index (κ1) is 19.7. The molecule has 1 aromatic heterocycles. The van der Waals surface area contributed by atoms with Crippen molar-refractivity contribution >= 4 is 17.5 Å². The molecule has 2 fully saturated rings. The molecule has 0 aliphatic carbocycles. The molecule has 0 unspecified atom stereocenters. The number of hydrogen-bond acceptors (Lipinski definition) is 5. The first-order chi connectivity index (χ1) is 14.0. The number of carbonyl (C=O) groups excluding carboxylic acids is 1. The van der Waals surface area contributed by atoms with Crippen LogP contribution >= 0.6 is 0 Å². The van der Waals surface area contributed by atoms with Crippen LogP contribution in [0, 0.1) is 26.7 Å². The van der Waals surface area contributed by atoms with Gasteiger partial charge in [0.1, 0.15) is 0 Å². The fourth-order valence-electron chi connectivity index (χ4n) is 4.50. The number of anilines is 2. The van der Waals surface area contributed by atoms with Crippen LogP contribution in [0.15, 0.2) is 30.5 Å². The number of nitrogens with zero attached hydrogens (tertiary/aromatic N) is 5. The van der Waals surface area contributed by atoms with E-state index in [4.69, 9.17) is 0 Å². The molecule has 0 spiro atoms. The van der Waals surface area contributed by atoms with Crippen molar-refractivity contribution in [3.8, 4) is 0 Å². The number of rotatable bonds is 3. The Balaban J connectivity index is 1.30. The second-order valence-electron chi connectivity index (χ2n) is 8.36. The lowest BCUT2D eigenvalue weighted by Crippen LogP contribution is -2.52. The van der Waals surface area contributed by atoms with Gasteiger partial charge in [-0.25, -0.2) is 9.97 Å². The molecule has 0 bridgehead atoms. The number of piperidine rings is 1. The number of aromatic nitrogens is 2. The summed E-state index contributed by atoms with van der Waals surface area (Å²) in [5.74, 6) is 1.25. The van der Waals surface area contributed by atoms with Gasteiger partial charge in [0, 0.05) is 62.8 Å². The lowest BCUT2D eigenvalue weighted by molar-refractivity contribution is -0.136. The van der Waals surface area contributed by atoms with E-state index in [0.29, 0.717) is 5.91 Å². The van der Waals surface area contributed by atoms with Crippen LogP contribution in [0.3, 0.4) is 0 Å². The molecule has 1 aromatic carbocycles. The largest absolute Gasteiger partial charge is 0.368 e. The van der Waals surface area contributed by atoms with E-state index in [9.17, 15) is 4.79 Å². The molecule has 0 atom stereocenters. The highest BCUT2D eigenvalue weighted by Gasteiger charge is 2.31. The third-order valence-electron chi connectivity index (χ3n) is 6.19. The molecule has 29 heavy (non-hydrogen) atoms. The maximum absolute atomic E-state index is 13.1. The number of hydrogen-bond donors (Lipinski definition) is 0. The van der Waals surface area contributed by atoms with Gasteiger partial charge in [-0.3, -0.25) is 4.79 Å². The summed E-state index contributed by atoms with van der Waals surface area (Å²) >= 11 is 0. The van der Waals surface area contributed by atoms with Crippen molar-refractivity contribution in [2.45, 2.75) is 33.6 Å². The number of amides is 1. The van der Waals surface area contributed by atoms with Crippen molar-refractivity contribution in [1.29, 1.82) is 0 Å². The minimum Gasteiger partial charge on any atom is -0.368 e. The van der Waals surface area contributed by atoms with Crippen molar-refractivity contribution in [2.75, 3.05) is 49.1 Å². The normalized spacial score (nSPS) is 18.2. The van der Waals surface area contributed by atoms with Gasteiger partial charge in [0.2, 0.25) is 11.9 Å². The Morgan fingerprint density at radius 3 is 2.31 bits per heavy atom. The summed E-state index contributed by atoms with van der Waals surface area (Å²) in [6.45, 7) is 11.4. The van der Waals surface area contributed by atoms with E-state index in [0.717, 1.165) is 63.8 Å². The Morgan fingerprint density at radius 2 is 1.66 bits per heavy atom. The van der Waals surface area contributed by atoms with Gasteiger partial charge in [0.15, 0.2) is 0 Å². The minimum absolute atomic E-state index is 0.128. The first-order valence-corrected chi connectivity index (χ1v) is 10.7. The second kappa shape index (κ2) is 8.39. The molecular weight excluding hydrogens is 362 g/mol. The first-order valence-electron chi connectivity index (χ1n) is 10.7. The summed E-state index contributed by atoms with van der Waals surface area (Å²) < 4.78 is 0. The van der Waals surface area contributed by atoms with Gasteiger partial charge in [-0.15, -0.1) is 0 Å². The predicted octanol–water partition coefficient (Wildman–Crippen LogP) is 2.97. The Labute approximate surface area is 173 Å². The van der Waals surface area contributed by atoms with Crippen LogP contribution in [0.25, 0.3) is 0 Å². The molecule has 154 valence electrons. The molecule has 2 aliphatic rings. The molecule has 0 N–H and O–H groups in total. The van der Waals surface area contributed by atoms with Crippen molar-refractivity contribution in [3.05, 3.63) is 47.3 Å². The molecule has 3 heterocycles. The van der Waals surface area contributed by atoms with Crippen LogP contribution in [0.2, 0.25) is 0 Å². The molecular formula is C23H31N5O. The molecule has 2 aromatic rings. The third-order valence-corrected chi connectivity index (χ3v) is 6.19. The summed E-state index contributed by atoms with van der Waals surface area (Å²) in [6.07, 6.45) is 3.57. The van der Waals surface area contributed by atoms with E-state index in [2.05, 4.69) is 56.7 Å². The molecule has 2 aliphatic heterocycles. The molecule has 4 rings (SSSR count). The highest BCUT2D eigenvalue weighted by Crippen LogP contribution is 2.25. The van der Waals surface area contributed by atoms with Crippen LogP contribution in [0.4, 0.5) is 11.6 Å². The molecule has 0 saturated carbocycles. The number of aryl methyl sites for hydroxylation is 3. The van der Waals surface area contributed by atoms with Gasteiger partial charge in [-0.05, 0) is 51.3 Å². The zero-order chi connectivity index (χ0) is 20.4. The zero-order valence-corrected chi connectivity index (χ0v) is 17.8. The average molecular weight is 394 g/mol. The highest BCUT2D eigenvalue weighted by atomic mass is 16.2. The monoisotopic (exact) mass is 393 g/mol. The quantitative estimate of drug-likeness (QED) is 0.802. The van der Waals surface area contributed by atoms with Crippen LogP contribution < -0.4 is 9.80 Å². The fraction of sp³-hybridized carbons (Fsp3) is 0.522. The highest BCUT2D eigenvalue weighted by molar-refractivity contribution is 5.79. The van der Waals surface area contributed by atoms with E-state index < -0.39 is 0 Å².